The Kier molecular flexibility index (Phi) is 6.27. The minimum Gasteiger partial charge on any atom is -0.431 e. The number of alkyl halides is 2. The molecular weight excluding hydrogens is 438 g/mol. The van der Waals surface area contributed by atoms with Gasteiger partial charge in [-0.1, -0.05) is 0 Å². The lowest BCUT2D eigenvalue weighted by Gasteiger charge is -2.40. The summed E-state index contributed by atoms with van der Waals surface area (Å²) in [7, 11) is 0. The standard InChI is InChI=1S/C25H36F2N6O/c1-14(2)31-5-7-32(8-6-31)17-10-18-19(11-17)23(18)21-12-20(30-33(21)15(3)4)16-9-22(34-25(26)27)24(28)29-13-16/h9,12-15,17-19,23,25H,5-8,10-11H2,1-4H3,(H2,28,29)/t17?,18-,19+,23?. The summed E-state index contributed by atoms with van der Waals surface area (Å²) in [5.74, 6) is 1.77. The number of nitrogens with two attached hydrogens (primary N) is 1. The number of nitrogens with zero attached hydrogens (tertiary/aromatic N) is 5. The lowest BCUT2D eigenvalue weighted by molar-refractivity contribution is -0.0494. The number of piperazine rings is 1. The van der Waals surface area contributed by atoms with Crippen molar-refractivity contribution in [3.8, 4) is 17.0 Å². The summed E-state index contributed by atoms with van der Waals surface area (Å²) in [6.07, 6.45) is 4.09. The number of anilines is 1. The first-order valence-corrected chi connectivity index (χ1v) is 12.5. The van der Waals surface area contributed by atoms with Gasteiger partial charge in [-0.15, -0.1) is 0 Å². The molecule has 0 spiro atoms. The molecule has 2 aromatic rings. The van der Waals surface area contributed by atoms with Crippen LogP contribution in [-0.4, -0.2) is 69.4 Å². The van der Waals surface area contributed by atoms with Crippen molar-refractivity contribution in [1.29, 1.82) is 0 Å². The highest BCUT2D eigenvalue weighted by Crippen LogP contribution is 2.64. The maximum absolute atomic E-state index is 12.7. The van der Waals surface area contributed by atoms with Gasteiger partial charge in [0.15, 0.2) is 11.6 Å². The number of hydrogen-bond acceptors (Lipinski definition) is 6. The number of hydrogen-bond donors (Lipinski definition) is 1. The molecule has 0 bridgehead atoms. The minimum absolute atomic E-state index is 0.0513. The van der Waals surface area contributed by atoms with E-state index in [9.17, 15) is 8.78 Å². The van der Waals surface area contributed by atoms with Crippen LogP contribution in [0.5, 0.6) is 5.75 Å². The molecular formula is C25H36F2N6O. The smallest absolute Gasteiger partial charge is 0.387 e. The van der Waals surface area contributed by atoms with Gasteiger partial charge in [0.1, 0.15) is 0 Å². The van der Waals surface area contributed by atoms with Crippen LogP contribution in [0.2, 0.25) is 0 Å². The average molecular weight is 475 g/mol. The van der Waals surface area contributed by atoms with Gasteiger partial charge in [-0.2, -0.15) is 13.9 Å². The van der Waals surface area contributed by atoms with E-state index >= 15 is 0 Å². The Morgan fingerprint density at radius 3 is 2.26 bits per heavy atom. The number of ether oxygens (including phenoxy) is 1. The Morgan fingerprint density at radius 2 is 1.68 bits per heavy atom. The van der Waals surface area contributed by atoms with Crippen LogP contribution in [0.3, 0.4) is 0 Å². The first-order valence-electron chi connectivity index (χ1n) is 12.5. The third kappa shape index (κ3) is 4.40. The number of aromatic nitrogens is 3. The van der Waals surface area contributed by atoms with E-state index in [0.29, 0.717) is 35.4 Å². The normalized spacial score (nSPS) is 27.7. The minimum atomic E-state index is -2.95. The predicted molar refractivity (Wildman–Crippen MR) is 128 cm³/mol. The van der Waals surface area contributed by atoms with Gasteiger partial charge >= 0.3 is 6.61 Å². The zero-order valence-corrected chi connectivity index (χ0v) is 20.5. The highest BCUT2D eigenvalue weighted by molar-refractivity contribution is 5.64. The average Bonchev–Trinajstić information content (AvgIpc) is 3.15. The van der Waals surface area contributed by atoms with Crippen LogP contribution >= 0.6 is 0 Å². The number of nitrogen functional groups attached to an aromatic ring is 1. The van der Waals surface area contributed by atoms with Crippen molar-refractivity contribution in [2.75, 3.05) is 31.9 Å². The van der Waals surface area contributed by atoms with E-state index < -0.39 is 6.61 Å². The molecule has 1 aliphatic heterocycles. The van der Waals surface area contributed by atoms with E-state index in [1.165, 1.54) is 50.8 Å². The van der Waals surface area contributed by atoms with E-state index in [1.807, 2.05) is 0 Å². The summed E-state index contributed by atoms with van der Waals surface area (Å²) in [6.45, 7) is 10.6. The highest BCUT2D eigenvalue weighted by Gasteiger charge is 2.58. The molecule has 3 heterocycles. The van der Waals surface area contributed by atoms with Crippen LogP contribution in [0.1, 0.15) is 58.2 Å². The summed E-state index contributed by atoms with van der Waals surface area (Å²) in [5.41, 5.74) is 8.32. The van der Waals surface area contributed by atoms with Crippen molar-refractivity contribution in [1.82, 2.24) is 24.6 Å². The zero-order chi connectivity index (χ0) is 24.1. The van der Waals surface area contributed by atoms with Crippen LogP contribution < -0.4 is 10.5 Å². The summed E-state index contributed by atoms with van der Waals surface area (Å²) >= 11 is 0. The van der Waals surface area contributed by atoms with Crippen molar-refractivity contribution in [3.63, 3.8) is 0 Å². The molecule has 5 rings (SSSR count). The van der Waals surface area contributed by atoms with E-state index in [4.69, 9.17) is 10.8 Å². The number of fused-ring (bicyclic) bond motifs is 1. The second-order valence-corrected chi connectivity index (χ2v) is 10.6. The van der Waals surface area contributed by atoms with Gasteiger partial charge in [0, 0.05) is 67.7 Å². The van der Waals surface area contributed by atoms with E-state index in [0.717, 1.165) is 5.69 Å². The van der Waals surface area contributed by atoms with Crippen LogP contribution in [0, 0.1) is 11.8 Å². The third-order valence-electron chi connectivity index (χ3n) is 8.00. The topological polar surface area (TPSA) is 72.4 Å². The molecule has 0 radical (unpaired) electrons. The zero-order valence-electron chi connectivity index (χ0n) is 20.5. The van der Waals surface area contributed by atoms with E-state index in [1.54, 1.807) is 6.20 Å². The van der Waals surface area contributed by atoms with Gasteiger partial charge < -0.3 is 10.5 Å². The first-order chi connectivity index (χ1) is 16.2. The Bertz CT molecular complexity index is 1000. The summed E-state index contributed by atoms with van der Waals surface area (Å²) in [4.78, 5) is 9.33. The maximum atomic E-state index is 12.7. The highest BCUT2D eigenvalue weighted by atomic mass is 19.3. The lowest BCUT2D eigenvalue weighted by atomic mass is 10.0. The van der Waals surface area contributed by atoms with Crippen molar-refractivity contribution in [2.24, 2.45) is 11.8 Å². The second kappa shape index (κ2) is 9.07. The van der Waals surface area contributed by atoms with Crippen LogP contribution in [0.15, 0.2) is 18.3 Å². The molecule has 2 unspecified atom stereocenters. The molecule has 2 N–H and O–H groups in total. The monoisotopic (exact) mass is 474 g/mol. The maximum Gasteiger partial charge on any atom is 0.387 e. The first kappa shape index (κ1) is 23.5. The Labute approximate surface area is 200 Å². The Morgan fingerprint density at radius 1 is 1.00 bits per heavy atom. The number of halogens is 2. The third-order valence-corrected chi connectivity index (χ3v) is 8.00. The fourth-order valence-electron chi connectivity index (χ4n) is 6.17. The van der Waals surface area contributed by atoms with E-state index in [2.05, 4.69) is 58.0 Å². The van der Waals surface area contributed by atoms with Crippen LogP contribution in [-0.2, 0) is 0 Å². The van der Waals surface area contributed by atoms with E-state index in [-0.39, 0.29) is 17.6 Å². The molecule has 0 amide bonds. The molecule has 7 nitrogen and oxygen atoms in total. The Hall–Kier alpha value is -2.26. The molecule has 1 saturated heterocycles. The van der Waals surface area contributed by atoms with Gasteiger partial charge in [0.05, 0.1) is 5.69 Å². The van der Waals surface area contributed by atoms with Crippen molar-refractivity contribution >= 4 is 5.82 Å². The number of rotatable bonds is 7. The summed E-state index contributed by atoms with van der Waals surface area (Å²) in [6, 6.07) is 5.16. The lowest BCUT2D eigenvalue weighted by Crippen LogP contribution is -2.51. The number of pyridine rings is 1. The van der Waals surface area contributed by atoms with Gasteiger partial charge in [0.25, 0.3) is 0 Å². The van der Waals surface area contributed by atoms with Gasteiger partial charge in [-0.05, 0) is 64.5 Å². The van der Waals surface area contributed by atoms with Crippen molar-refractivity contribution < 1.29 is 13.5 Å². The molecule has 3 aliphatic rings. The molecule has 9 heteroatoms. The largest absolute Gasteiger partial charge is 0.431 e. The molecule has 4 atom stereocenters. The second-order valence-electron chi connectivity index (χ2n) is 10.6. The van der Waals surface area contributed by atoms with Crippen LogP contribution in [0.25, 0.3) is 11.3 Å². The quantitative estimate of drug-likeness (QED) is 0.648. The van der Waals surface area contributed by atoms with Crippen molar-refractivity contribution in [3.05, 3.63) is 24.0 Å². The SMILES string of the molecule is CC(C)N1CCN(C2C[C@@H]3C(c4cc(-c5cnc(N)c(OC(F)F)c5)nn4C(C)C)[C@@H]3C2)CC1. The fourth-order valence-corrected chi connectivity index (χ4v) is 6.17. The summed E-state index contributed by atoms with van der Waals surface area (Å²) < 4.78 is 32.1. The molecule has 2 aliphatic carbocycles. The molecule has 0 aromatic carbocycles. The molecule has 186 valence electrons. The molecule has 2 aromatic heterocycles. The Balaban J connectivity index is 1.29. The molecule has 2 saturated carbocycles. The van der Waals surface area contributed by atoms with Gasteiger partial charge in [-0.25, -0.2) is 4.98 Å². The molecule has 34 heavy (non-hydrogen) atoms. The van der Waals surface area contributed by atoms with Crippen molar-refractivity contribution in [2.45, 2.75) is 71.2 Å². The van der Waals surface area contributed by atoms with Gasteiger partial charge in [0.2, 0.25) is 0 Å². The summed E-state index contributed by atoms with van der Waals surface area (Å²) in [5, 5.41) is 4.83. The predicted octanol–water partition coefficient (Wildman–Crippen LogP) is 4.23. The molecule has 3 fully saturated rings. The van der Waals surface area contributed by atoms with Crippen LogP contribution in [0.4, 0.5) is 14.6 Å². The van der Waals surface area contributed by atoms with Gasteiger partial charge in [-0.3, -0.25) is 14.5 Å². The fraction of sp³-hybridized carbons (Fsp3) is 0.680.